The van der Waals surface area contributed by atoms with Crippen molar-refractivity contribution in [2.45, 2.75) is 13.5 Å². The molecule has 1 N–H and O–H groups in total. The molecule has 0 radical (unpaired) electrons. The first-order valence-corrected chi connectivity index (χ1v) is 10.8. The van der Waals surface area contributed by atoms with Gasteiger partial charge in [0, 0.05) is 6.54 Å². The minimum atomic E-state index is -3.61. The second-order valence-electron chi connectivity index (χ2n) is 6.08. The average molecular weight is 407 g/mol. The SMILES string of the molecule is CCOc1ccc(N(CC(=O)NCCOCc2ccccc2)S(C)(=O)=O)cc1. The summed E-state index contributed by atoms with van der Waals surface area (Å²) in [6.45, 7) is 3.17. The number of benzene rings is 2. The number of anilines is 1. The summed E-state index contributed by atoms with van der Waals surface area (Å²) in [6.07, 6.45) is 1.07. The second-order valence-corrected chi connectivity index (χ2v) is 7.99. The fraction of sp³-hybridized carbons (Fsp3) is 0.350. The zero-order valence-corrected chi connectivity index (χ0v) is 16.9. The number of hydrogen-bond acceptors (Lipinski definition) is 5. The maximum Gasteiger partial charge on any atom is 0.240 e. The molecule has 2 aromatic rings. The third-order valence-electron chi connectivity index (χ3n) is 3.80. The molecule has 2 aromatic carbocycles. The van der Waals surface area contributed by atoms with Gasteiger partial charge in [-0.1, -0.05) is 30.3 Å². The predicted molar refractivity (Wildman–Crippen MR) is 109 cm³/mol. The van der Waals surface area contributed by atoms with Crippen LogP contribution in [-0.2, 0) is 26.2 Å². The summed E-state index contributed by atoms with van der Waals surface area (Å²) in [5, 5.41) is 2.68. The molecule has 0 atom stereocenters. The largest absolute Gasteiger partial charge is 0.494 e. The van der Waals surface area contributed by atoms with E-state index in [9.17, 15) is 13.2 Å². The quantitative estimate of drug-likeness (QED) is 0.578. The van der Waals surface area contributed by atoms with Gasteiger partial charge in [0.05, 0.1) is 31.8 Å². The molecule has 0 aromatic heterocycles. The lowest BCUT2D eigenvalue weighted by Crippen LogP contribution is -2.41. The van der Waals surface area contributed by atoms with E-state index in [0.717, 1.165) is 16.1 Å². The minimum absolute atomic E-state index is 0.298. The molecule has 0 aliphatic rings. The average Bonchev–Trinajstić information content (AvgIpc) is 2.67. The molecular formula is C20H26N2O5S. The molecule has 0 aliphatic carbocycles. The zero-order chi connectivity index (χ0) is 20.4. The first-order chi connectivity index (χ1) is 13.4. The number of nitrogens with zero attached hydrogens (tertiary/aromatic N) is 1. The second kappa shape index (κ2) is 10.7. The number of nitrogens with one attached hydrogen (secondary N) is 1. The van der Waals surface area contributed by atoms with Gasteiger partial charge in [-0.2, -0.15) is 0 Å². The molecule has 2 rings (SSSR count). The number of carbonyl (C=O) groups is 1. The highest BCUT2D eigenvalue weighted by atomic mass is 32.2. The van der Waals surface area contributed by atoms with E-state index in [0.29, 0.717) is 37.8 Å². The van der Waals surface area contributed by atoms with Crippen LogP contribution in [0.4, 0.5) is 5.69 Å². The number of ether oxygens (including phenoxy) is 2. The van der Waals surface area contributed by atoms with Crippen molar-refractivity contribution in [3.8, 4) is 5.75 Å². The molecule has 0 unspecified atom stereocenters. The lowest BCUT2D eigenvalue weighted by molar-refractivity contribution is -0.119. The van der Waals surface area contributed by atoms with E-state index in [-0.39, 0.29) is 6.54 Å². The van der Waals surface area contributed by atoms with Gasteiger partial charge in [0.1, 0.15) is 12.3 Å². The Morgan fingerprint density at radius 1 is 1.07 bits per heavy atom. The Hall–Kier alpha value is -2.58. The number of hydrogen-bond donors (Lipinski definition) is 1. The van der Waals surface area contributed by atoms with Crippen LogP contribution in [0.15, 0.2) is 54.6 Å². The van der Waals surface area contributed by atoms with Crippen LogP contribution in [0, 0.1) is 0 Å². The Labute approximate surface area is 166 Å². The molecular weight excluding hydrogens is 380 g/mol. The van der Waals surface area contributed by atoms with E-state index in [4.69, 9.17) is 9.47 Å². The normalized spacial score (nSPS) is 11.1. The molecule has 7 nitrogen and oxygen atoms in total. The van der Waals surface area contributed by atoms with E-state index in [1.807, 2.05) is 37.3 Å². The van der Waals surface area contributed by atoms with Crippen molar-refractivity contribution in [2.75, 3.05) is 36.9 Å². The van der Waals surface area contributed by atoms with E-state index >= 15 is 0 Å². The third kappa shape index (κ3) is 7.21. The highest BCUT2D eigenvalue weighted by Crippen LogP contribution is 2.21. The van der Waals surface area contributed by atoms with Crippen LogP contribution in [0.3, 0.4) is 0 Å². The first-order valence-electron chi connectivity index (χ1n) is 8.99. The van der Waals surface area contributed by atoms with E-state index in [1.165, 1.54) is 0 Å². The van der Waals surface area contributed by atoms with Crippen molar-refractivity contribution in [1.29, 1.82) is 0 Å². The van der Waals surface area contributed by atoms with E-state index in [1.54, 1.807) is 24.3 Å². The maximum atomic E-state index is 12.2. The molecule has 0 aliphatic heterocycles. The lowest BCUT2D eigenvalue weighted by Gasteiger charge is -2.22. The summed E-state index contributed by atoms with van der Waals surface area (Å²) in [7, 11) is -3.61. The van der Waals surface area contributed by atoms with Gasteiger partial charge in [0.25, 0.3) is 0 Å². The van der Waals surface area contributed by atoms with Crippen LogP contribution in [0.1, 0.15) is 12.5 Å². The summed E-state index contributed by atoms with van der Waals surface area (Å²) in [4.78, 5) is 12.2. The Balaban J connectivity index is 1.83. The van der Waals surface area contributed by atoms with Crippen molar-refractivity contribution in [1.82, 2.24) is 5.32 Å². The van der Waals surface area contributed by atoms with Gasteiger partial charge in [0.2, 0.25) is 15.9 Å². The topological polar surface area (TPSA) is 84.9 Å². The van der Waals surface area contributed by atoms with E-state index < -0.39 is 15.9 Å². The Morgan fingerprint density at radius 3 is 2.36 bits per heavy atom. The monoisotopic (exact) mass is 406 g/mol. The highest BCUT2D eigenvalue weighted by molar-refractivity contribution is 7.92. The molecule has 0 bridgehead atoms. The zero-order valence-electron chi connectivity index (χ0n) is 16.1. The van der Waals surface area contributed by atoms with Crippen LogP contribution in [0.25, 0.3) is 0 Å². The number of rotatable bonds is 11. The van der Waals surface area contributed by atoms with Crippen molar-refractivity contribution in [2.24, 2.45) is 0 Å². The molecule has 0 saturated heterocycles. The molecule has 8 heteroatoms. The fourth-order valence-electron chi connectivity index (χ4n) is 2.49. The molecule has 28 heavy (non-hydrogen) atoms. The first kappa shape index (κ1) is 21.7. The molecule has 0 fully saturated rings. The van der Waals surface area contributed by atoms with Crippen molar-refractivity contribution >= 4 is 21.6 Å². The summed E-state index contributed by atoms with van der Waals surface area (Å²) in [5.41, 5.74) is 1.45. The number of sulfonamides is 1. The summed E-state index contributed by atoms with van der Waals surface area (Å²) >= 11 is 0. The molecule has 0 spiro atoms. The maximum absolute atomic E-state index is 12.2. The van der Waals surface area contributed by atoms with Crippen LogP contribution in [-0.4, -0.2) is 46.9 Å². The Bertz CT molecular complexity index is 839. The smallest absolute Gasteiger partial charge is 0.240 e. The van der Waals surface area contributed by atoms with Crippen LogP contribution < -0.4 is 14.4 Å². The molecule has 152 valence electrons. The predicted octanol–water partition coefficient (Wildman–Crippen LogP) is 2.18. The molecule has 1 amide bonds. The van der Waals surface area contributed by atoms with Gasteiger partial charge in [-0.3, -0.25) is 9.10 Å². The minimum Gasteiger partial charge on any atom is -0.494 e. The van der Waals surface area contributed by atoms with Gasteiger partial charge < -0.3 is 14.8 Å². The van der Waals surface area contributed by atoms with Gasteiger partial charge in [0.15, 0.2) is 0 Å². The van der Waals surface area contributed by atoms with Gasteiger partial charge in [-0.25, -0.2) is 8.42 Å². The molecule has 0 heterocycles. The fourth-order valence-corrected chi connectivity index (χ4v) is 3.34. The highest BCUT2D eigenvalue weighted by Gasteiger charge is 2.20. The van der Waals surface area contributed by atoms with Gasteiger partial charge in [-0.05, 0) is 36.8 Å². The Morgan fingerprint density at radius 2 is 1.75 bits per heavy atom. The van der Waals surface area contributed by atoms with Crippen LogP contribution in [0.5, 0.6) is 5.75 Å². The van der Waals surface area contributed by atoms with Crippen LogP contribution >= 0.6 is 0 Å². The number of carbonyl (C=O) groups excluding carboxylic acids is 1. The standard InChI is InChI=1S/C20H26N2O5S/c1-3-27-19-11-9-18(10-12-19)22(28(2,24)25)15-20(23)21-13-14-26-16-17-7-5-4-6-8-17/h4-12H,3,13-16H2,1-2H3,(H,21,23). The van der Waals surface area contributed by atoms with Crippen molar-refractivity contribution < 1.29 is 22.7 Å². The van der Waals surface area contributed by atoms with Crippen molar-refractivity contribution in [3.63, 3.8) is 0 Å². The molecule has 0 saturated carbocycles. The summed E-state index contributed by atoms with van der Waals surface area (Å²) < 4.78 is 36.1. The Kier molecular flexibility index (Phi) is 8.28. The summed E-state index contributed by atoms with van der Waals surface area (Å²) in [6, 6.07) is 16.3. The van der Waals surface area contributed by atoms with Gasteiger partial charge in [-0.15, -0.1) is 0 Å². The van der Waals surface area contributed by atoms with Crippen molar-refractivity contribution in [3.05, 3.63) is 60.2 Å². The van der Waals surface area contributed by atoms with Crippen LogP contribution in [0.2, 0.25) is 0 Å². The van der Waals surface area contributed by atoms with Gasteiger partial charge >= 0.3 is 0 Å². The third-order valence-corrected chi connectivity index (χ3v) is 4.94. The lowest BCUT2D eigenvalue weighted by atomic mass is 10.2. The van der Waals surface area contributed by atoms with E-state index in [2.05, 4.69) is 5.32 Å². The number of amides is 1. The summed E-state index contributed by atoms with van der Waals surface area (Å²) in [5.74, 6) is 0.238.